The molecule has 230 valence electrons. The van der Waals surface area contributed by atoms with Crippen molar-refractivity contribution < 1.29 is 33.9 Å². The fourth-order valence-electron chi connectivity index (χ4n) is 6.23. The minimum Gasteiger partial charge on any atom is -0.493 e. The molecule has 2 N–H and O–H groups in total. The zero-order valence-electron chi connectivity index (χ0n) is 24.3. The van der Waals surface area contributed by atoms with Crippen LogP contribution in [-0.2, 0) is 27.4 Å². The molecule has 12 heteroatoms. The highest BCUT2D eigenvalue weighted by Crippen LogP contribution is 2.52. The van der Waals surface area contributed by atoms with Gasteiger partial charge in [-0.3, -0.25) is 34.7 Å². The Morgan fingerprint density at radius 2 is 1.77 bits per heavy atom. The number of rotatable bonds is 13. The van der Waals surface area contributed by atoms with Crippen molar-refractivity contribution in [2.24, 2.45) is 11.8 Å². The number of hydrogen-bond donors (Lipinski definition) is 2. The lowest BCUT2D eigenvalue weighted by atomic mass is 9.76. The summed E-state index contributed by atoms with van der Waals surface area (Å²) in [6.07, 6.45) is 2.32. The third-order valence-electron chi connectivity index (χ3n) is 8.28. The Balaban J connectivity index is 1.59. The highest BCUT2D eigenvalue weighted by atomic mass is 32.2. The van der Waals surface area contributed by atoms with E-state index >= 15 is 0 Å². The number of non-ortho nitro benzene ring substituents is 1. The van der Waals surface area contributed by atoms with E-state index in [4.69, 9.17) is 9.47 Å². The summed E-state index contributed by atoms with van der Waals surface area (Å²) in [4.78, 5) is 53.1. The smallest absolute Gasteiger partial charge is 0.325 e. The molecular formula is C32H33N3O8S. The number of carbonyl (C=O) groups is 3. The second-order valence-electron chi connectivity index (χ2n) is 10.8. The number of nitrogens with one attached hydrogen (secondary N) is 1. The number of carbonyl (C=O) groups excluding carboxylic acids is 2. The number of imide groups is 1. The van der Waals surface area contributed by atoms with Gasteiger partial charge < -0.3 is 14.6 Å². The molecular weight excluding hydrogens is 586 g/mol. The molecule has 5 rings (SSSR count). The summed E-state index contributed by atoms with van der Waals surface area (Å²) in [5.41, 5.74) is -0.165. The number of amides is 2. The number of hydrogen-bond acceptors (Lipinski definition) is 9. The van der Waals surface area contributed by atoms with Crippen LogP contribution >= 0.6 is 11.8 Å². The Labute approximate surface area is 258 Å². The first-order chi connectivity index (χ1) is 21.2. The molecule has 2 heterocycles. The number of ether oxygens (including phenoxy) is 2. The molecule has 11 nitrogen and oxygen atoms in total. The Bertz CT molecular complexity index is 1550. The summed E-state index contributed by atoms with van der Waals surface area (Å²) in [7, 11) is 1.49. The van der Waals surface area contributed by atoms with E-state index in [1.165, 1.54) is 36.3 Å². The minimum atomic E-state index is -1.88. The van der Waals surface area contributed by atoms with Crippen molar-refractivity contribution in [3.63, 3.8) is 0 Å². The van der Waals surface area contributed by atoms with Crippen molar-refractivity contribution in [3.05, 3.63) is 99.6 Å². The Kier molecular flexibility index (Phi) is 9.21. The molecule has 0 saturated carbocycles. The molecule has 2 amide bonds. The summed E-state index contributed by atoms with van der Waals surface area (Å²) in [6, 6.07) is 19.3. The first-order valence-electron chi connectivity index (χ1n) is 14.1. The van der Waals surface area contributed by atoms with E-state index in [2.05, 4.69) is 5.32 Å². The lowest BCUT2D eigenvalue weighted by Crippen LogP contribution is -2.57. The largest absolute Gasteiger partial charge is 0.493 e. The third-order valence-corrected chi connectivity index (χ3v) is 8.97. The van der Waals surface area contributed by atoms with Crippen LogP contribution in [0.1, 0.15) is 29.2 Å². The second-order valence-corrected chi connectivity index (χ2v) is 11.8. The number of nitro benzene ring substituents is 1. The number of carboxylic acids is 1. The summed E-state index contributed by atoms with van der Waals surface area (Å²) in [6.45, 7) is 0.372. The van der Waals surface area contributed by atoms with Crippen molar-refractivity contribution in [1.82, 2.24) is 10.2 Å². The predicted octanol–water partition coefficient (Wildman–Crippen LogP) is 4.25. The SMILES string of the molecule is COc1cccc(C2NC(Cc3ccc([N+](=O)[O-])cc3)(C(=O)O)C3C(=O)N(CCCSC)C(=O)C23)c1OCc1ccccc1. The van der Waals surface area contributed by atoms with Gasteiger partial charge in [0, 0.05) is 36.7 Å². The average molecular weight is 620 g/mol. The van der Waals surface area contributed by atoms with Crippen molar-refractivity contribution in [1.29, 1.82) is 0 Å². The number of likely N-dealkylation sites (tertiary alicyclic amines) is 1. The lowest BCUT2D eigenvalue weighted by Gasteiger charge is -2.31. The van der Waals surface area contributed by atoms with Crippen LogP contribution in [0.2, 0.25) is 0 Å². The Morgan fingerprint density at radius 3 is 2.41 bits per heavy atom. The highest BCUT2D eigenvalue weighted by molar-refractivity contribution is 7.98. The predicted molar refractivity (Wildman–Crippen MR) is 164 cm³/mol. The standard InChI is InChI=1S/C32H33N3O8S/c1-42-24-11-6-10-23(28(24)43-19-21-8-4-3-5-9-21)27-25-26(30(37)34(29(25)36)16-7-17-44-2)32(33-27,31(38)39)18-20-12-14-22(15-13-20)35(40)41/h3-6,8-15,25-27,33H,7,16-19H2,1-2H3,(H,38,39). The van der Waals surface area contributed by atoms with Crippen LogP contribution in [0.25, 0.3) is 0 Å². The van der Waals surface area contributed by atoms with Crippen molar-refractivity contribution in [3.8, 4) is 11.5 Å². The number of nitro groups is 1. The summed E-state index contributed by atoms with van der Waals surface area (Å²) >= 11 is 1.59. The van der Waals surface area contributed by atoms with Crippen LogP contribution < -0.4 is 14.8 Å². The maximum atomic E-state index is 14.0. The van der Waals surface area contributed by atoms with Crippen LogP contribution in [0.3, 0.4) is 0 Å². The van der Waals surface area contributed by atoms with Crippen molar-refractivity contribution >= 4 is 35.2 Å². The van der Waals surface area contributed by atoms with Gasteiger partial charge in [0.05, 0.1) is 23.9 Å². The lowest BCUT2D eigenvalue weighted by molar-refractivity contribution is -0.384. The number of thioether (sulfide) groups is 1. The number of carboxylic acid groups (broad SMARTS) is 1. The molecule has 0 aliphatic carbocycles. The molecule has 4 atom stereocenters. The Morgan fingerprint density at radius 1 is 1.05 bits per heavy atom. The van der Waals surface area contributed by atoms with Gasteiger partial charge in [0.1, 0.15) is 12.1 Å². The molecule has 4 unspecified atom stereocenters. The maximum absolute atomic E-state index is 14.0. The normalized spacial score (nSPS) is 22.6. The molecule has 2 fully saturated rings. The molecule has 2 saturated heterocycles. The number of para-hydroxylation sites is 1. The Hall–Kier alpha value is -4.42. The van der Waals surface area contributed by atoms with Gasteiger partial charge >= 0.3 is 5.97 Å². The van der Waals surface area contributed by atoms with E-state index in [0.717, 1.165) is 11.3 Å². The van der Waals surface area contributed by atoms with E-state index in [-0.39, 0.29) is 25.3 Å². The van der Waals surface area contributed by atoms with E-state index in [0.29, 0.717) is 29.0 Å². The maximum Gasteiger partial charge on any atom is 0.325 e. The van der Waals surface area contributed by atoms with Gasteiger partial charge in [0.2, 0.25) is 11.8 Å². The van der Waals surface area contributed by atoms with Gasteiger partial charge in [-0.05, 0) is 35.6 Å². The van der Waals surface area contributed by atoms with Gasteiger partial charge in [-0.25, -0.2) is 0 Å². The quantitative estimate of drug-likeness (QED) is 0.123. The first-order valence-corrected chi connectivity index (χ1v) is 15.5. The number of fused-ring (bicyclic) bond motifs is 1. The third kappa shape index (κ3) is 5.74. The van der Waals surface area contributed by atoms with Crippen LogP contribution in [0.15, 0.2) is 72.8 Å². The average Bonchev–Trinajstić information content (AvgIpc) is 3.50. The van der Waals surface area contributed by atoms with Gasteiger partial charge in [0.25, 0.3) is 5.69 Å². The topological polar surface area (TPSA) is 148 Å². The molecule has 0 aromatic heterocycles. The zero-order valence-corrected chi connectivity index (χ0v) is 25.1. The van der Waals surface area contributed by atoms with E-state index in [9.17, 15) is 29.6 Å². The zero-order chi connectivity index (χ0) is 31.4. The van der Waals surface area contributed by atoms with Gasteiger partial charge in [-0.2, -0.15) is 11.8 Å². The molecule has 0 bridgehead atoms. The highest BCUT2D eigenvalue weighted by Gasteiger charge is 2.68. The molecule has 0 radical (unpaired) electrons. The second kappa shape index (κ2) is 13.1. The summed E-state index contributed by atoms with van der Waals surface area (Å²) in [5, 5.41) is 25.2. The van der Waals surface area contributed by atoms with E-state index < -0.39 is 46.1 Å². The van der Waals surface area contributed by atoms with Crippen molar-refractivity contribution in [2.45, 2.75) is 31.0 Å². The van der Waals surface area contributed by atoms with Gasteiger partial charge in [0.15, 0.2) is 11.5 Å². The number of nitrogens with zero attached hydrogens (tertiary/aromatic N) is 2. The molecule has 3 aromatic rings. The van der Waals surface area contributed by atoms with E-state index in [1.54, 1.807) is 30.0 Å². The summed E-state index contributed by atoms with van der Waals surface area (Å²) < 4.78 is 11.9. The fraction of sp³-hybridized carbons (Fsp3) is 0.344. The number of benzene rings is 3. The van der Waals surface area contributed by atoms with Crippen LogP contribution in [0, 0.1) is 22.0 Å². The monoisotopic (exact) mass is 619 g/mol. The molecule has 2 aliphatic heterocycles. The van der Waals surface area contributed by atoms with Gasteiger partial charge in [-0.1, -0.05) is 54.6 Å². The van der Waals surface area contributed by atoms with Crippen LogP contribution in [0.4, 0.5) is 5.69 Å². The molecule has 3 aromatic carbocycles. The number of aliphatic carboxylic acids is 1. The van der Waals surface area contributed by atoms with Crippen molar-refractivity contribution in [2.75, 3.05) is 25.7 Å². The first kappa shape index (κ1) is 31.0. The molecule has 44 heavy (non-hydrogen) atoms. The minimum absolute atomic E-state index is 0.142. The molecule has 0 spiro atoms. The van der Waals surface area contributed by atoms with Crippen LogP contribution in [-0.4, -0.2) is 63.9 Å². The molecule has 2 aliphatic rings. The van der Waals surface area contributed by atoms with Crippen LogP contribution in [0.5, 0.6) is 11.5 Å². The fourth-order valence-corrected chi connectivity index (χ4v) is 6.65. The summed E-state index contributed by atoms with van der Waals surface area (Å²) in [5.74, 6) is -3.07. The number of methoxy groups -OCH3 is 1. The van der Waals surface area contributed by atoms with E-state index in [1.807, 2.05) is 36.6 Å². The van der Waals surface area contributed by atoms with Gasteiger partial charge in [-0.15, -0.1) is 0 Å².